The number of phenolic OH excluding ortho intramolecular Hbond substituents is 1. The highest BCUT2D eigenvalue weighted by molar-refractivity contribution is 5.74. The van der Waals surface area contributed by atoms with Crippen molar-refractivity contribution in [3.63, 3.8) is 0 Å². The number of hydrogen-bond donors (Lipinski definition) is 4. The van der Waals surface area contributed by atoms with Gasteiger partial charge in [-0.15, -0.1) is 0 Å². The molecule has 0 saturated carbocycles. The van der Waals surface area contributed by atoms with Crippen LogP contribution in [0.3, 0.4) is 0 Å². The zero-order valence-electron chi connectivity index (χ0n) is 11.3. The first-order valence-corrected chi connectivity index (χ1v) is 6.56. The van der Waals surface area contributed by atoms with Crippen LogP contribution in [-0.4, -0.2) is 27.3 Å². The van der Waals surface area contributed by atoms with E-state index in [0.717, 1.165) is 5.56 Å². The Morgan fingerprint density at radius 3 is 2.24 bits per heavy atom. The highest BCUT2D eigenvalue weighted by Gasteiger charge is 2.21. The molecular weight excluding hydrogens is 270 g/mol. The minimum Gasteiger partial charge on any atom is -0.508 e. The molecule has 0 aliphatic carbocycles. The van der Waals surface area contributed by atoms with E-state index in [0.29, 0.717) is 5.56 Å². The number of benzene rings is 2. The summed E-state index contributed by atoms with van der Waals surface area (Å²) in [5, 5.41) is 31.2. The van der Waals surface area contributed by atoms with E-state index in [-0.39, 0.29) is 12.2 Å². The van der Waals surface area contributed by atoms with Gasteiger partial charge in [0.15, 0.2) is 0 Å². The molecule has 0 heterocycles. The number of aliphatic hydroxyl groups is 1. The van der Waals surface area contributed by atoms with Gasteiger partial charge < -0.3 is 15.3 Å². The molecule has 2 aromatic carbocycles. The van der Waals surface area contributed by atoms with Crippen molar-refractivity contribution in [3.8, 4) is 5.75 Å². The number of aliphatic carboxylic acids is 1. The number of carboxylic acids is 1. The van der Waals surface area contributed by atoms with Crippen molar-refractivity contribution >= 4 is 5.97 Å². The van der Waals surface area contributed by atoms with Crippen LogP contribution < -0.4 is 5.32 Å². The van der Waals surface area contributed by atoms with Gasteiger partial charge in [-0.05, 0) is 29.7 Å². The number of nitrogens with one attached hydrogen (secondary N) is 1. The summed E-state index contributed by atoms with van der Waals surface area (Å²) in [4.78, 5) is 11.3. The summed E-state index contributed by atoms with van der Waals surface area (Å²) in [5.74, 6) is -0.916. The van der Waals surface area contributed by atoms with Gasteiger partial charge in [-0.2, -0.15) is 0 Å². The molecule has 0 aliphatic rings. The number of carboxylic acid groups (broad SMARTS) is 1. The summed E-state index contributed by atoms with van der Waals surface area (Å²) < 4.78 is 0. The summed E-state index contributed by atoms with van der Waals surface area (Å²) in [7, 11) is 0. The smallest absolute Gasteiger partial charge is 0.321 e. The normalized spacial score (nSPS) is 13.6. The molecule has 0 aliphatic heterocycles. The van der Waals surface area contributed by atoms with Crippen molar-refractivity contribution in [1.29, 1.82) is 0 Å². The first kappa shape index (κ1) is 15.0. The predicted molar refractivity (Wildman–Crippen MR) is 77.8 cm³/mol. The molecule has 5 nitrogen and oxygen atoms in total. The summed E-state index contributed by atoms with van der Waals surface area (Å²) in [6.45, 7) is 0. The van der Waals surface area contributed by atoms with E-state index < -0.39 is 18.2 Å². The highest BCUT2D eigenvalue weighted by Crippen LogP contribution is 2.14. The minimum absolute atomic E-state index is 0.128. The second kappa shape index (κ2) is 6.88. The van der Waals surface area contributed by atoms with Crippen LogP contribution in [0, 0.1) is 0 Å². The monoisotopic (exact) mass is 287 g/mol. The van der Waals surface area contributed by atoms with Crippen LogP contribution in [-0.2, 0) is 11.2 Å². The Kier molecular flexibility index (Phi) is 4.92. The Labute approximate surface area is 122 Å². The predicted octanol–water partition coefficient (Wildman–Crippen LogP) is 1.67. The van der Waals surface area contributed by atoms with Gasteiger partial charge in [-0.3, -0.25) is 10.1 Å². The van der Waals surface area contributed by atoms with Crippen molar-refractivity contribution < 1.29 is 20.1 Å². The number of carbonyl (C=O) groups is 1. The number of rotatable bonds is 6. The Hall–Kier alpha value is -2.37. The molecule has 2 atom stereocenters. The van der Waals surface area contributed by atoms with E-state index in [2.05, 4.69) is 5.32 Å². The molecular formula is C16H17NO4. The SMILES string of the molecule is O=C(O)[C@H](Cc1ccc(O)cc1)NC(O)c1ccccc1. The quantitative estimate of drug-likeness (QED) is 0.607. The van der Waals surface area contributed by atoms with Crippen molar-refractivity contribution in [2.75, 3.05) is 0 Å². The third-order valence-corrected chi connectivity index (χ3v) is 3.15. The molecule has 4 N–H and O–H groups in total. The van der Waals surface area contributed by atoms with E-state index in [4.69, 9.17) is 0 Å². The molecule has 0 saturated heterocycles. The van der Waals surface area contributed by atoms with E-state index >= 15 is 0 Å². The van der Waals surface area contributed by atoms with Gasteiger partial charge in [0.1, 0.15) is 18.0 Å². The lowest BCUT2D eigenvalue weighted by molar-refractivity contribution is -0.140. The Bertz CT molecular complexity index is 583. The average molecular weight is 287 g/mol. The van der Waals surface area contributed by atoms with Crippen LogP contribution in [0.15, 0.2) is 54.6 Å². The zero-order chi connectivity index (χ0) is 15.2. The number of aliphatic hydroxyl groups excluding tert-OH is 1. The minimum atomic E-state index is -1.05. The van der Waals surface area contributed by atoms with Crippen LogP contribution in [0.2, 0.25) is 0 Å². The lowest BCUT2D eigenvalue weighted by atomic mass is 10.0. The Morgan fingerprint density at radius 1 is 1.05 bits per heavy atom. The van der Waals surface area contributed by atoms with Gasteiger partial charge in [0.25, 0.3) is 0 Å². The van der Waals surface area contributed by atoms with Gasteiger partial charge in [0, 0.05) is 0 Å². The number of hydrogen-bond acceptors (Lipinski definition) is 4. The molecule has 0 aromatic heterocycles. The molecule has 1 unspecified atom stereocenters. The second-order valence-corrected chi connectivity index (χ2v) is 4.74. The molecule has 5 heteroatoms. The number of phenols is 1. The maximum atomic E-state index is 11.3. The molecule has 0 amide bonds. The maximum Gasteiger partial charge on any atom is 0.321 e. The zero-order valence-corrected chi connectivity index (χ0v) is 11.3. The largest absolute Gasteiger partial charge is 0.508 e. The lowest BCUT2D eigenvalue weighted by Gasteiger charge is -2.19. The van der Waals surface area contributed by atoms with E-state index in [1.54, 1.807) is 36.4 Å². The summed E-state index contributed by atoms with van der Waals surface area (Å²) in [5.41, 5.74) is 1.36. The van der Waals surface area contributed by atoms with Gasteiger partial charge in [0.2, 0.25) is 0 Å². The molecule has 0 radical (unpaired) electrons. The van der Waals surface area contributed by atoms with Crippen LogP contribution in [0.1, 0.15) is 17.4 Å². The van der Waals surface area contributed by atoms with Crippen LogP contribution in [0.5, 0.6) is 5.75 Å². The maximum absolute atomic E-state index is 11.3. The van der Waals surface area contributed by atoms with E-state index in [1.807, 2.05) is 6.07 Å². The summed E-state index contributed by atoms with van der Waals surface area (Å²) >= 11 is 0. The fourth-order valence-corrected chi connectivity index (χ4v) is 2.01. The molecule has 110 valence electrons. The Balaban J connectivity index is 2.05. The van der Waals surface area contributed by atoms with E-state index in [9.17, 15) is 20.1 Å². The van der Waals surface area contributed by atoms with Crippen molar-refractivity contribution in [3.05, 3.63) is 65.7 Å². The lowest BCUT2D eigenvalue weighted by Crippen LogP contribution is -2.40. The van der Waals surface area contributed by atoms with Gasteiger partial charge in [0.05, 0.1) is 0 Å². The summed E-state index contributed by atoms with van der Waals surface area (Å²) in [6.07, 6.45) is -0.844. The third kappa shape index (κ3) is 4.30. The first-order chi connectivity index (χ1) is 10.1. The standard InChI is InChI=1S/C16H17NO4/c18-13-8-6-11(7-9-13)10-14(16(20)21)17-15(19)12-4-2-1-3-5-12/h1-9,14-15,17-19H,10H2,(H,20,21)/t14-,15?/m0/s1. The topological polar surface area (TPSA) is 89.8 Å². The van der Waals surface area contributed by atoms with Crippen LogP contribution in [0.25, 0.3) is 0 Å². The third-order valence-electron chi connectivity index (χ3n) is 3.15. The molecule has 0 bridgehead atoms. The van der Waals surface area contributed by atoms with Gasteiger partial charge >= 0.3 is 5.97 Å². The summed E-state index contributed by atoms with van der Waals surface area (Å²) in [6, 6.07) is 14.2. The van der Waals surface area contributed by atoms with Crippen LogP contribution in [0.4, 0.5) is 0 Å². The average Bonchev–Trinajstić information content (AvgIpc) is 2.49. The second-order valence-electron chi connectivity index (χ2n) is 4.74. The van der Waals surface area contributed by atoms with E-state index in [1.165, 1.54) is 12.1 Å². The molecule has 0 spiro atoms. The molecule has 21 heavy (non-hydrogen) atoms. The Morgan fingerprint density at radius 2 is 1.67 bits per heavy atom. The van der Waals surface area contributed by atoms with Crippen molar-refractivity contribution in [2.24, 2.45) is 0 Å². The molecule has 0 fully saturated rings. The molecule has 2 aromatic rings. The first-order valence-electron chi connectivity index (χ1n) is 6.56. The fourth-order valence-electron chi connectivity index (χ4n) is 2.01. The van der Waals surface area contributed by atoms with Gasteiger partial charge in [-0.25, -0.2) is 0 Å². The van der Waals surface area contributed by atoms with Crippen molar-refractivity contribution in [2.45, 2.75) is 18.7 Å². The van der Waals surface area contributed by atoms with Crippen LogP contribution >= 0.6 is 0 Å². The fraction of sp³-hybridized carbons (Fsp3) is 0.188. The van der Waals surface area contributed by atoms with Gasteiger partial charge in [-0.1, -0.05) is 42.5 Å². The number of aromatic hydroxyl groups is 1. The van der Waals surface area contributed by atoms with Crippen molar-refractivity contribution in [1.82, 2.24) is 5.32 Å². The molecule has 2 rings (SSSR count). The highest BCUT2D eigenvalue weighted by atomic mass is 16.4.